The largest absolute Gasteiger partial charge is 0.494 e. The van der Waals surface area contributed by atoms with E-state index in [4.69, 9.17) is 10.5 Å². The molecule has 1 aliphatic rings. The van der Waals surface area contributed by atoms with Crippen LogP contribution in [-0.2, 0) is 6.54 Å². The van der Waals surface area contributed by atoms with Gasteiger partial charge in [0.25, 0.3) is 0 Å². The average molecular weight is 238 g/mol. The number of hydrogen-bond donors (Lipinski definition) is 1. The summed E-state index contributed by atoms with van der Waals surface area (Å²) in [6.07, 6.45) is 0. The van der Waals surface area contributed by atoms with Crippen LogP contribution in [0.4, 0.5) is 4.39 Å². The zero-order valence-corrected chi connectivity index (χ0v) is 10.3. The Balaban J connectivity index is 2.02. The van der Waals surface area contributed by atoms with Gasteiger partial charge in [0.1, 0.15) is 0 Å². The van der Waals surface area contributed by atoms with E-state index < -0.39 is 0 Å². The second kappa shape index (κ2) is 5.02. The summed E-state index contributed by atoms with van der Waals surface area (Å²) in [4.78, 5) is 2.26. The topological polar surface area (TPSA) is 38.5 Å². The lowest BCUT2D eigenvalue weighted by atomic mass is 10.1. The molecule has 2 N–H and O–H groups in total. The molecule has 17 heavy (non-hydrogen) atoms. The van der Waals surface area contributed by atoms with E-state index in [9.17, 15) is 4.39 Å². The van der Waals surface area contributed by atoms with E-state index in [2.05, 4.69) is 11.8 Å². The highest BCUT2D eigenvalue weighted by Gasteiger charge is 2.26. The van der Waals surface area contributed by atoms with Crippen molar-refractivity contribution in [1.29, 1.82) is 0 Å². The third-order valence-corrected chi connectivity index (χ3v) is 3.37. The number of methoxy groups -OCH3 is 1. The number of nitrogens with zero attached hydrogens (tertiary/aromatic N) is 1. The first kappa shape index (κ1) is 12.3. The summed E-state index contributed by atoms with van der Waals surface area (Å²) in [6, 6.07) is 5.34. The van der Waals surface area contributed by atoms with Crippen LogP contribution in [0.5, 0.6) is 5.75 Å². The molecule has 2 rings (SSSR count). The molecular weight excluding hydrogens is 219 g/mol. The van der Waals surface area contributed by atoms with Crippen LogP contribution in [0.15, 0.2) is 18.2 Å². The summed E-state index contributed by atoms with van der Waals surface area (Å²) < 4.78 is 18.4. The van der Waals surface area contributed by atoms with Crippen molar-refractivity contribution >= 4 is 0 Å². The Morgan fingerprint density at radius 2 is 2.24 bits per heavy atom. The zero-order valence-electron chi connectivity index (χ0n) is 10.3. The predicted octanol–water partition coefficient (Wildman–Crippen LogP) is 1.61. The van der Waals surface area contributed by atoms with Crippen LogP contribution in [0.2, 0.25) is 0 Å². The summed E-state index contributed by atoms with van der Waals surface area (Å²) in [5, 5.41) is 0. The molecule has 2 unspecified atom stereocenters. The molecule has 0 aliphatic carbocycles. The molecule has 1 saturated heterocycles. The van der Waals surface area contributed by atoms with Crippen LogP contribution < -0.4 is 10.5 Å². The Kier molecular flexibility index (Phi) is 3.64. The van der Waals surface area contributed by atoms with Gasteiger partial charge in [-0.1, -0.05) is 13.0 Å². The number of ether oxygens (including phenoxy) is 1. The van der Waals surface area contributed by atoms with Crippen molar-refractivity contribution in [2.45, 2.75) is 19.5 Å². The minimum Gasteiger partial charge on any atom is -0.494 e. The molecule has 1 heterocycles. The van der Waals surface area contributed by atoms with Crippen molar-refractivity contribution < 1.29 is 9.13 Å². The molecule has 0 spiro atoms. The van der Waals surface area contributed by atoms with Crippen LogP contribution in [0.3, 0.4) is 0 Å². The summed E-state index contributed by atoms with van der Waals surface area (Å²) in [6.45, 7) is 4.77. The maximum Gasteiger partial charge on any atom is 0.165 e. The molecule has 3 nitrogen and oxygen atoms in total. The fourth-order valence-electron chi connectivity index (χ4n) is 2.29. The third kappa shape index (κ3) is 2.76. The molecule has 94 valence electrons. The molecule has 1 aromatic rings. The molecule has 2 atom stereocenters. The van der Waals surface area contributed by atoms with E-state index in [-0.39, 0.29) is 11.9 Å². The zero-order chi connectivity index (χ0) is 12.4. The Labute approximate surface area is 101 Å². The standard InChI is InChI=1S/C13H19FN2O/c1-9-6-16(8-12(9)15)7-10-3-4-13(17-2)11(14)5-10/h3-5,9,12H,6-8,15H2,1-2H3. The van der Waals surface area contributed by atoms with Crippen molar-refractivity contribution in [3.63, 3.8) is 0 Å². The van der Waals surface area contributed by atoms with Gasteiger partial charge in [-0.15, -0.1) is 0 Å². The maximum atomic E-state index is 13.5. The molecule has 0 bridgehead atoms. The Bertz CT molecular complexity index is 387. The Hall–Kier alpha value is -1.13. The second-order valence-corrected chi connectivity index (χ2v) is 4.80. The van der Waals surface area contributed by atoms with Gasteiger partial charge in [0.2, 0.25) is 0 Å². The summed E-state index contributed by atoms with van der Waals surface area (Å²) in [5.41, 5.74) is 6.92. The van der Waals surface area contributed by atoms with Crippen LogP contribution in [0.25, 0.3) is 0 Å². The highest BCUT2D eigenvalue weighted by atomic mass is 19.1. The Morgan fingerprint density at radius 1 is 1.47 bits per heavy atom. The SMILES string of the molecule is COc1ccc(CN2CC(C)C(N)C2)cc1F. The van der Waals surface area contributed by atoms with Gasteiger partial charge in [-0.2, -0.15) is 0 Å². The highest BCUT2D eigenvalue weighted by Crippen LogP contribution is 2.21. The van der Waals surface area contributed by atoms with Crippen molar-refractivity contribution in [2.75, 3.05) is 20.2 Å². The molecular formula is C13H19FN2O. The van der Waals surface area contributed by atoms with Crippen molar-refractivity contribution in [3.05, 3.63) is 29.6 Å². The first-order valence-corrected chi connectivity index (χ1v) is 5.90. The van der Waals surface area contributed by atoms with E-state index in [0.717, 1.165) is 25.2 Å². The van der Waals surface area contributed by atoms with Gasteiger partial charge in [0, 0.05) is 25.7 Å². The molecule has 1 aliphatic heterocycles. The highest BCUT2D eigenvalue weighted by molar-refractivity contribution is 5.29. The van der Waals surface area contributed by atoms with Gasteiger partial charge in [-0.3, -0.25) is 4.90 Å². The van der Waals surface area contributed by atoms with E-state index in [1.165, 1.54) is 13.2 Å². The lowest BCUT2D eigenvalue weighted by Gasteiger charge is -2.15. The first-order valence-electron chi connectivity index (χ1n) is 5.90. The first-order chi connectivity index (χ1) is 8.10. The van der Waals surface area contributed by atoms with E-state index in [0.29, 0.717) is 11.7 Å². The molecule has 0 amide bonds. The van der Waals surface area contributed by atoms with Gasteiger partial charge in [0.05, 0.1) is 7.11 Å². The van der Waals surface area contributed by atoms with Gasteiger partial charge in [-0.25, -0.2) is 4.39 Å². The van der Waals surface area contributed by atoms with E-state index in [1.54, 1.807) is 6.07 Å². The van der Waals surface area contributed by atoms with Crippen molar-refractivity contribution in [1.82, 2.24) is 4.90 Å². The third-order valence-electron chi connectivity index (χ3n) is 3.37. The summed E-state index contributed by atoms with van der Waals surface area (Å²) in [7, 11) is 1.47. The van der Waals surface area contributed by atoms with Crippen molar-refractivity contribution in [3.8, 4) is 5.75 Å². The molecule has 1 fully saturated rings. The van der Waals surface area contributed by atoms with Gasteiger partial charge < -0.3 is 10.5 Å². The van der Waals surface area contributed by atoms with Gasteiger partial charge in [-0.05, 0) is 23.6 Å². The van der Waals surface area contributed by atoms with E-state index >= 15 is 0 Å². The van der Waals surface area contributed by atoms with Crippen molar-refractivity contribution in [2.24, 2.45) is 11.7 Å². The monoisotopic (exact) mass is 238 g/mol. The molecule has 1 aromatic carbocycles. The minimum atomic E-state index is -0.304. The number of rotatable bonds is 3. The number of halogens is 1. The minimum absolute atomic E-state index is 0.234. The normalized spacial score (nSPS) is 25.2. The second-order valence-electron chi connectivity index (χ2n) is 4.80. The average Bonchev–Trinajstić information content (AvgIpc) is 2.58. The number of nitrogens with two attached hydrogens (primary N) is 1. The molecule has 0 saturated carbocycles. The van der Waals surface area contributed by atoms with Gasteiger partial charge >= 0.3 is 0 Å². The van der Waals surface area contributed by atoms with E-state index in [1.807, 2.05) is 6.07 Å². The fourth-order valence-corrected chi connectivity index (χ4v) is 2.29. The van der Waals surface area contributed by atoms with Crippen LogP contribution in [0, 0.1) is 11.7 Å². The number of likely N-dealkylation sites (tertiary alicyclic amines) is 1. The predicted molar refractivity (Wildman–Crippen MR) is 65.4 cm³/mol. The lowest BCUT2D eigenvalue weighted by molar-refractivity contribution is 0.317. The molecule has 0 radical (unpaired) electrons. The lowest BCUT2D eigenvalue weighted by Crippen LogP contribution is -2.28. The summed E-state index contributed by atoms with van der Waals surface area (Å²) >= 11 is 0. The Morgan fingerprint density at radius 3 is 2.76 bits per heavy atom. The van der Waals surface area contributed by atoms with Crippen LogP contribution >= 0.6 is 0 Å². The number of benzene rings is 1. The smallest absolute Gasteiger partial charge is 0.165 e. The van der Waals surface area contributed by atoms with Crippen LogP contribution in [0.1, 0.15) is 12.5 Å². The maximum absolute atomic E-state index is 13.5. The number of hydrogen-bond acceptors (Lipinski definition) is 3. The quantitative estimate of drug-likeness (QED) is 0.869. The van der Waals surface area contributed by atoms with Gasteiger partial charge in [0.15, 0.2) is 11.6 Å². The summed E-state index contributed by atoms with van der Waals surface area (Å²) in [5.74, 6) is 0.500. The fraction of sp³-hybridized carbons (Fsp3) is 0.538. The molecule has 4 heteroatoms. The van der Waals surface area contributed by atoms with Crippen LogP contribution in [-0.4, -0.2) is 31.1 Å². The molecule has 0 aromatic heterocycles.